The van der Waals surface area contributed by atoms with Crippen molar-refractivity contribution in [3.63, 3.8) is 0 Å². The molecular formula is C25H24FN5O4S. The molecule has 0 radical (unpaired) electrons. The van der Waals surface area contributed by atoms with Crippen LogP contribution >= 0.6 is 11.3 Å². The van der Waals surface area contributed by atoms with Gasteiger partial charge in [-0.3, -0.25) is 20.1 Å². The number of carbonyl (C=O) groups excluding carboxylic acids is 1. The number of anilines is 1. The number of hydrogen-bond acceptors (Lipinski definition) is 9. The van der Waals surface area contributed by atoms with Gasteiger partial charge in [-0.2, -0.15) is 0 Å². The molecule has 1 aromatic carbocycles. The Bertz CT molecular complexity index is 1360. The molecule has 0 spiro atoms. The number of rotatable bonds is 9. The summed E-state index contributed by atoms with van der Waals surface area (Å²) in [6.07, 6.45) is 3.08. The van der Waals surface area contributed by atoms with E-state index >= 15 is 0 Å². The third-order valence-corrected chi connectivity index (χ3v) is 5.64. The fourth-order valence-corrected chi connectivity index (χ4v) is 3.93. The van der Waals surface area contributed by atoms with E-state index in [9.17, 15) is 9.18 Å². The van der Waals surface area contributed by atoms with Gasteiger partial charge in [-0.05, 0) is 62.4 Å². The average molecular weight is 510 g/mol. The molecule has 1 N–H and O–H groups in total. The number of halogens is 1. The molecule has 0 saturated heterocycles. The summed E-state index contributed by atoms with van der Waals surface area (Å²) in [4.78, 5) is 21.6. The van der Waals surface area contributed by atoms with Crippen molar-refractivity contribution in [2.24, 2.45) is 0 Å². The summed E-state index contributed by atoms with van der Waals surface area (Å²) >= 11 is 1.05. The lowest BCUT2D eigenvalue weighted by molar-refractivity contribution is 0.102. The molecule has 0 aliphatic carbocycles. The summed E-state index contributed by atoms with van der Waals surface area (Å²) in [6.45, 7) is 5.81. The molecule has 4 rings (SSSR count). The molecule has 1 amide bonds. The van der Waals surface area contributed by atoms with Crippen molar-refractivity contribution >= 4 is 22.4 Å². The van der Waals surface area contributed by atoms with Crippen LogP contribution in [0.15, 0.2) is 48.8 Å². The number of aryl methyl sites for hydroxylation is 1. The number of amides is 1. The minimum atomic E-state index is -0.520. The number of nitrogens with one attached hydrogen (secondary N) is 1. The van der Waals surface area contributed by atoms with Crippen molar-refractivity contribution in [1.82, 2.24) is 20.2 Å². The van der Waals surface area contributed by atoms with E-state index in [2.05, 4.69) is 25.5 Å². The van der Waals surface area contributed by atoms with Crippen molar-refractivity contribution in [2.45, 2.75) is 33.5 Å². The van der Waals surface area contributed by atoms with E-state index in [1.54, 1.807) is 31.3 Å². The maximum atomic E-state index is 14.7. The van der Waals surface area contributed by atoms with E-state index in [0.717, 1.165) is 11.3 Å². The predicted octanol–water partition coefficient (Wildman–Crippen LogP) is 5.07. The number of ether oxygens (including phenoxy) is 3. The van der Waals surface area contributed by atoms with Gasteiger partial charge in [0.05, 0.1) is 36.2 Å². The number of hydrogen-bond donors (Lipinski definition) is 1. The summed E-state index contributed by atoms with van der Waals surface area (Å²) in [6, 6.07) is 9.72. The zero-order chi connectivity index (χ0) is 25.7. The van der Waals surface area contributed by atoms with E-state index in [0.29, 0.717) is 28.5 Å². The lowest BCUT2D eigenvalue weighted by Crippen LogP contribution is -2.14. The Kier molecular flexibility index (Phi) is 7.69. The summed E-state index contributed by atoms with van der Waals surface area (Å²) in [5.41, 5.74) is 1.99. The van der Waals surface area contributed by atoms with Crippen molar-refractivity contribution in [2.75, 3.05) is 12.4 Å². The number of methoxy groups -OCH3 is 1. The summed E-state index contributed by atoms with van der Waals surface area (Å²) in [5, 5.41) is 11.1. The van der Waals surface area contributed by atoms with E-state index in [-0.39, 0.29) is 34.2 Å². The highest BCUT2D eigenvalue weighted by atomic mass is 32.1. The largest absolute Gasteiger partial charge is 0.496 e. The van der Waals surface area contributed by atoms with Gasteiger partial charge in [0.1, 0.15) is 23.9 Å². The van der Waals surface area contributed by atoms with Gasteiger partial charge in [-0.1, -0.05) is 11.2 Å². The van der Waals surface area contributed by atoms with Gasteiger partial charge in [0.15, 0.2) is 0 Å². The molecule has 0 fully saturated rings. The van der Waals surface area contributed by atoms with Crippen LogP contribution in [0.25, 0.3) is 11.1 Å². The summed E-state index contributed by atoms with van der Waals surface area (Å²) in [5.74, 6) is -0.0581. The highest BCUT2D eigenvalue weighted by molar-refractivity contribution is 7.17. The first-order valence-corrected chi connectivity index (χ1v) is 11.8. The van der Waals surface area contributed by atoms with Crippen LogP contribution in [0, 0.1) is 12.7 Å². The van der Waals surface area contributed by atoms with Gasteiger partial charge in [0.2, 0.25) is 5.13 Å². The van der Waals surface area contributed by atoms with Crippen LogP contribution in [-0.4, -0.2) is 39.3 Å². The quantitative estimate of drug-likeness (QED) is 0.333. The number of nitrogens with zero attached hydrogens (tertiary/aromatic N) is 4. The first-order chi connectivity index (χ1) is 17.3. The second-order valence-electron chi connectivity index (χ2n) is 7.96. The average Bonchev–Trinajstić information content (AvgIpc) is 3.30. The van der Waals surface area contributed by atoms with Crippen molar-refractivity contribution in [1.29, 1.82) is 0 Å². The molecule has 0 aliphatic rings. The molecule has 0 saturated carbocycles. The molecule has 0 aliphatic heterocycles. The molecule has 186 valence electrons. The Balaban J connectivity index is 1.47. The highest BCUT2D eigenvalue weighted by Gasteiger charge is 2.21. The third kappa shape index (κ3) is 5.92. The smallest absolute Gasteiger partial charge is 0.296 e. The standard InChI is InChI=1S/C25H24FN5O4S/c1-14(2)35-17-9-8-16(28-11-17)13-34-25-31-30-24(36-25)29-23(32)19-12-27-15(3)10-18(19)22-20(26)6-5-7-21(22)33-4/h5-12,14H,13H2,1-4H3,(H,29,30,32). The monoisotopic (exact) mass is 509 g/mol. The Morgan fingerprint density at radius 3 is 2.69 bits per heavy atom. The first kappa shape index (κ1) is 25.0. The first-order valence-electron chi connectivity index (χ1n) is 11.0. The Labute approximate surface area is 211 Å². The second kappa shape index (κ2) is 11.1. The van der Waals surface area contributed by atoms with E-state index in [1.807, 2.05) is 19.9 Å². The van der Waals surface area contributed by atoms with Crippen LogP contribution < -0.4 is 19.5 Å². The molecule has 11 heteroatoms. The SMILES string of the molecule is COc1cccc(F)c1-c1cc(C)ncc1C(=O)Nc1nnc(OCc2ccc(OC(C)C)cn2)s1. The van der Waals surface area contributed by atoms with Gasteiger partial charge in [0, 0.05) is 17.5 Å². The van der Waals surface area contributed by atoms with Crippen LogP contribution in [0.1, 0.15) is 35.6 Å². The number of pyridine rings is 2. The number of benzene rings is 1. The van der Waals surface area contributed by atoms with E-state index in [4.69, 9.17) is 14.2 Å². The molecule has 0 unspecified atom stereocenters. The van der Waals surface area contributed by atoms with Crippen LogP contribution in [0.5, 0.6) is 16.7 Å². The Morgan fingerprint density at radius 1 is 1.14 bits per heavy atom. The van der Waals surface area contributed by atoms with Crippen molar-refractivity contribution in [3.8, 4) is 27.8 Å². The molecular weight excluding hydrogens is 485 g/mol. The zero-order valence-corrected chi connectivity index (χ0v) is 20.9. The van der Waals surface area contributed by atoms with Crippen molar-refractivity contribution in [3.05, 3.63) is 71.6 Å². The molecule has 36 heavy (non-hydrogen) atoms. The molecule has 3 aromatic heterocycles. The minimum Gasteiger partial charge on any atom is -0.496 e. The minimum absolute atomic E-state index is 0.0597. The van der Waals surface area contributed by atoms with E-state index < -0.39 is 11.7 Å². The fraction of sp³-hybridized carbons (Fsp3) is 0.240. The molecule has 9 nitrogen and oxygen atoms in total. The van der Waals surface area contributed by atoms with Gasteiger partial charge >= 0.3 is 0 Å². The van der Waals surface area contributed by atoms with Crippen LogP contribution in [-0.2, 0) is 6.61 Å². The fourth-order valence-electron chi connectivity index (χ4n) is 3.34. The molecule has 3 heterocycles. The van der Waals surface area contributed by atoms with Gasteiger partial charge in [0.25, 0.3) is 11.1 Å². The normalized spacial score (nSPS) is 10.8. The number of carbonyl (C=O) groups is 1. The van der Waals surface area contributed by atoms with Gasteiger partial charge < -0.3 is 14.2 Å². The second-order valence-corrected chi connectivity index (χ2v) is 8.90. The van der Waals surface area contributed by atoms with Crippen LogP contribution in [0.3, 0.4) is 0 Å². The Hall–Kier alpha value is -4.12. The summed E-state index contributed by atoms with van der Waals surface area (Å²) < 4.78 is 31.3. The summed E-state index contributed by atoms with van der Waals surface area (Å²) in [7, 11) is 1.44. The maximum Gasteiger partial charge on any atom is 0.296 e. The molecule has 4 aromatic rings. The zero-order valence-electron chi connectivity index (χ0n) is 20.1. The van der Waals surface area contributed by atoms with Gasteiger partial charge in [-0.25, -0.2) is 4.39 Å². The maximum absolute atomic E-state index is 14.7. The van der Waals surface area contributed by atoms with Gasteiger partial charge in [-0.15, -0.1) is 5.10 Å². The van der Waals surface area contributed by atoms with Crippen LogP contribution in [0.2, 0.25) is 0 Å². The predicted molar refractivity (Wildman–Crippen MR) is 133 cm³/mol. The topological polar surface area (TPSA) is 108 Å². The molecule has 0 atom stereocenters. The van der Waals surface area contributed by atoms with E-state index in [1.165, 1.54) is 25.4 Å². The lowest BCUT2D eigenvalue weighted by Gasteiger charge is -2.14. The van der Waals surface area contributed by atoms with Crippen molar-refractivity contribution < 1.29 is 23.4 Å². The molecule has 0 bridgehead atoms. The van der Waals surface area contributed by atoms with Crippen LogP contribution in [0.4, 0.5) is 9.52 Å². The highest BCUT2D eigenvalue weighted by Crippen LogP contribution is 2.35. The third-order valence-electron chi connectivity index (χ3n) is 4.89. The number of aromatic nitrogens is 4. The lowest BCUT2D eigenvalue weighted by atomic mass is 9.98. The Morgan fingerprint density at radius 2 is 1.97 bits per heavy atom.